The Morgan fingerprint density at radius 1 is 0.610 bits per heavy atom. The van der Waals surface area contributed by atoms with Gasteiger partial charge in [-0.2, -0.15) is 5.20 Å². The third-order valence-corrected chi connectivity index (χ3v) is 13.9. The van der Waals surface area contributed by atoms with Gasteiger partial charge in [-0.05, 0) is 70.8 Å². The molecule has 3 aromatic carbocycles. The number of rotatable bonds is 15. The Hall–Kier alpha value is -1.93. The summed E-state index contributed by atoms with van der Waals surface area (Å²) >= 11 is 0. The van der Waals surface area contributed by atoms with E-state index in [9.17, 15) is 0 Å². The second kappa shape index (κ2) is 16.6. The molecule has 1 aliphatic carbocycles. The Morgan fingerprint density at radius 2 is 0.976 bits per heavy atom. The fourth-order valence-corrected chi connectivity index (χ4v) is 11.0. The smallest absolute Gasteiger partial charge is 0.156 e. The molecule has 1 aliphatic rings. The van der Waals surface area contributed by atoms with Gasteiger partial charge in [-0.25, -0.2) is 11.6 Å². The monoisotopic (exact) mass is 595 g/mol. The van der Waals surface area contributed by atoms with Crippen LogP contribution in [0.4, 0.5) is 0 Å². The molecule has 0 saturated carbocycles. The van der Waals surface area contributed by atoms with Gasteiger partial charge in [0.05, 0.1) is 0 Å². The van der Waals surface area contributed by atoms with E-state index < -0.39 is 8.07 Å². The van der Waals surface area contributed by atoms with Crippen molar-refractivity contribution in [2.75, 3.05) is 0 Å². The van der Waals surface area contributed by atoms with E-state index in [0.29, 0.717) is 5.92 Å². The van der Waals surface area contributed by atoms with Crippen molar-refractivity contribution in [1.29, 1.82) is 0 Å². The molecule has 1 atom stereocenters. The SMILES string of the molecule is CCCCc1ccc([Si](C2=[C-]C(C(C)CC)=CC2)(c2ccc(CCCC)cc2)c2ccc(CCCC)cc2)cc1.[Ti]. The van der Waals surface area contributed by atoms with Crippen molar-refractivity contribution >= 4 is 23.6 Å². The molecule has 0 nitrogen and oxygen atoms in total. The van der Waals surface area contributed by atoms with E-state index in [4.69, 9.17) is 0 Å². The third kappa shape index (κ3) is 7.92. The molecular weight excluding hydrogens is 544 g/mol. The van der Waals surface area contributed by atoms with E-state index >= 15 is 0 Å². The zero-order valence-corrected chi connectivity index (χ0v) is 28.9. The molecule has 0 N–H and O–H groups in total. The van der Waals surface area contributed by atoms with Crippen molar-refractivity contribution in [1.82, 2.24) is 0 Å². The molecule has 0 fully saturated rings. The third-order valence-electron chi connectivity index (χ3n) is 9.04. The fourth-order valence-electron chi connectivity index (χ4n) is 6.21. The zero-order valence-electron chi connectivity index (χ0n) is 26.4. The summed E-state index contributed by atoms with van der Waals surface area (Å²) in [4.78, 5) is 0. The second-order valence-corrected chi connectivity index (χ2v) is 15.8. The fraction of sp³-hybridized carbons (Fsp3) is 0.436. The number of aryl methyl sites for hydroxylation is 3. The summed E-state index contributed by atoms with van der Waals surface area (Å²) in [5.74, 6) is 0.549. The van der Waals surface area contributed by atoms with Gasteiger partial charge in [-0.1, -0.05) is 145 Å². The topological polar surface area (TPSA) is 0 Å². The van der Waals surface area contributed by atoms with Crippen molar-refractivity contribution in [3.63, 3.8) is 0 Å². The Morgan fingerprint density at radius 3 is 1.29 bits per heavy atom. The largest absolute Gasteiger partial charge is 0.252 e. The molecule has 2 heteroatoms. The normalized spacial score (nSPS) is 13.9. The van der Waals surface area contributed by atoms with E-state index in [1.54, 1.807) is 0 Å². The molecule has 4 rings (SSSR count). The van der Waals surface area contributed by atoms with Gasteiger partial charge >= 0.3 is 0 Å². The van der Waals surface area contributed by atoms with Crippen LogP contribution in [0.25, 0.3) is 0 Å². The standard InChI is InChI=1S/C39H51Si.Ti/c1-6-10-13-32-16-23-36(24-17-32)40(39-29-22-35(30-39)31(5)9-4,37-25-18-33(19-26-37)14-11-7-2)38-27-20-34(21-28-38)15-12-8-3;/h16-28,31H,6-15,29H2,1-5H3;/q-1;. The average Bonchev–Trinajstić information content (AvgIpc) is 3.50. The summed E-state index contributed by atoms with van der Waals surface area (Å²) in [5, 5.41) is 6.01. The van der Waals surface area contributed by atoms with Crippen molar-refractivity contribution in [2.45, 2.75) is 105 Å². The Balaban J connectivity index is 0.00000462. The van der Waals surface area contributed by atoms with Crippen LogP contribution in [0, 0.1) is 12.0 Å². The number of hydrogen-bond donors (Lipinski definition) is 0. The van der Waals surface area contributed by atoms with Crippen LogP contribution in [-0.4, -0.2) is 8.07 Å². The summed E-state index contributed by atoms with van der Waals surface area (Å²) < 4.78 is 0. The Labute approximate surface area is 267 Å². The molecule has 0 aliphatic heterocycles. The molecule has 41 heavy (non-hydrogen) atoms. The maximum Gasteiger partial charge on any atom is 0.156 e. The van der Waals surface area contributed by atoms with Crippen LogP contribution in [0.5, 0.6) is 0 Å². The van der Waals surface area contributed by atoms with Gasteiger partial charge in [-0.15, -0.1) is 0 Å². The van der Waals surface area contributed by atoms with Crippen LogP contribution < -0.4 is 15.6 Å². The predicted molar refractivity (Wildman–Crippen MR) is 179 cm³/mol. The molecule has 0 spiro atoms. The Bertz CT molecular complexity index is 1120. The van der Waals surface area contributed by atoms with Crippen molar-refractivity contribution in [3.05, 3.63) is 112 Å². The molecular formula is C39H51SiTi-. The molecule has 0 aromatic heterocycles. The van der Waals surface area contributed by atoms with Crippen molar-refractivity contribution in [3.8, 4) is 0 Å². The van der Waals surface area contributed by atoms with Gasteiger partial charge in [0.2, 0.25) is 0 Å². The van der Waals surface area contributed by atoms with Gasteiger partial charge in [0, 0.05) is 21.7 Å². The van der Waals surface area contributed by atoms with Crippen LogP contribution in [0.2, 0.25) is 0 Å². The molecule has 0 radical (unpaired) electrons. The quantitative estimate of drug-likeness (QED) is 0.0936. The molecule has 3 aromatic rings. The first-order valence-corrected chi connectivity index (χ1v) is 18.2. The first kappa shape index (κ1) is 33.6. The van der Waals surface area contributed by atoms with Gasteiger partial charge in [0.15, 0.2) is 8.07 Å². The molecule has 216 valence electrons. The minimum atomic E-state index is -2.50. The predicted octanol–water partition coefficient (Wildman–Crippen LogP) is 8.83. The van der Waals surface area contributed by atoms with Crippen LogP contribution >= 0.6 is 0 Å². The molecule has 0 saturated heterocycles. The van der Waals surface area contributed by atoms with E-state index in [2.05, 4.69) is 120 Å². The van der Waals surface area contributed by atoms with Gasteiger partial charge in [-0.3, -0.25) is 6.08 Å². The molecule has 0 bridgehead atoms. The first-order chi connectivity index (χ1) is 19.6. The average molecular weight is 596 g/mol. The zero-order chi connectivity index (χ0) is 28.4. The molecule has 0 heterocycles. The minimum Gasteiger partial charge on any atom is -0.252 e. The van der Waals surface area contributed by atoms with E-state index in [1.807, 2.05) is 0 Å². The number of unbranched alkanes of at least 4 members (excludes halogenated alkanes) is 3. The summed E-state index contributed by atoms with van der Waals surface area (Å²) in [7, 11) is -2.50. The van der Waals surface area contributed by atoms with Crippen LogP contribution in [0.1, 0.15) is 103 Å². The van der Waals surface area contributed by atoms with Crippen LogP contribution in [0.15, 0.2) is 89.6 Å². The van der Waals surface area contributed by atoms with E-state index in [1.165, 1.54) is 81.5 Å². The summed E-state index contributed by atoms with van der Waals surface area (Å²) in [5.41, 5.74) is 5.79. The van der Waals surface area contributed by atoms with Gasteiger partial charge in [0.25, 0.3) is 0 Å². The van der Waals surface area contributed by atoms with E-state index in [0.717, 1.165) is 32.1 Å². The van der Waals surface area contributed by atoms with Crippen molar-refractivity contribution in [2.24, 2.45) is 5.92 Å². The van der Waals surface area contributed by atoms with E-state index in [-0.39, 0.29) is 21.7 Å². The molecule has 1 unspecified atom stereocenters. The first-order valence-electron chi connectivity index (χ1n) is 16.2. The summed E-state index contributed by atoms with van der Waals surface area (Å²) in [6.45, 7) is 11.5. The second-order valence-electron chi connectivity index (χ2n) is 11.9. The van der Waals surface area contributed by atoms with Gasteiger partial charge in [0.1, 0.15) is 0 Å². The number of hydrogen-bond acceptors (Lipinski definition) is 0. The molecule has 0 amide bonds. The van der Waals surface area contributed by atoms with Crippen molar-refractivity contribution < 1.29 is 21.7 Å². The van der Waals surface area contributed by atoms with Gasteiger partial charge < -0.3 is 0 Å². The maximum atomic E-state index is 4.06. The van der Waals surface area contributed by atoms with Crippen LogP contribution in [0.3, 0.4) is 0 Å². The maximum absolute atomic E-state index is 4.06. The number of allylic oxidation sites excluding steroid dienone is 4. The van der Waals surface area contributed by atoms with Crippen LogP contribution in [-0.2, 0) is 41.0 Å². The number of benzene rings is 3. The summed E-state index contributed by atoms with van der Waals surface area (Å²) in [6.07, 6.45) is 19.7. The summed E-state index contributed by atoms with van der Waals surface area (Å²) in [6, 6.07) is 29.3. The Kier molecular flexibility index (Phi) is 13.6. The minimum absolute atomic E-state index is 0.